The molecule has 230 valence electrons. The van der Waals surface area contributed by atoms with Crippen LogP contribution < -0.4 is 5.32 Å². The third kappa shape index (κ3) is 9.56. The van der Waals surface area contributed by atoms with Crippen LogP contribution in [-0.4, -0.2) is 86.0 Å². The number of esters is 3. The number of carbonyl (C=O) groups excluding carboxylic acids is 4. The Balaban J connectivity index is 5.38. The number of ether oxygens (including phenoxy) is 5. The second-order valence-electron chi connectivity index (χ2n) is 7.79. The topological polar surface area (TPSA) is 126 Å². The fourth-order valence-corrected chi connectivity index (χ4v) is 1.99. The van der Waals surface area contributed by atoms with E-state index in [-0.39, 0.29) is 0 Å². The van der Waals surface area contributed by atoms with Crippen LogP contribution in [0.4, 0.5) is 48.7 Å². The Hall–Kier alpha value is -3.58. The second kappa shape index (κ2) is 13.2. The lowest BCUT2D eigenvalue weighted by Gasteiger charge is -2.35. The van der Waals surface area contributed by atoms with Crippen molar-refractivity contribution in [1.82, 2.24) is 5.32 Å². The van der Waals surface area contributed by atoms with Crippen LogP contribution in [0, 0.1) is 0 Å². The SMILES string of the molecule is C=CC(=O)OCC(C)(COC(=O)C=C)NC(=O)OCCOC(=O)C(F)(OC(F)(F)C(C)(F)C(F)(F)F)C(F)(F)F. The molecule has 0 aliphatic rings. The summed E-state index contributed by atoms with van der Waals surface area (Å²) in [6.45, 7) is 2.26. The first kappa shape index (κ1) is 36.4. The molecule has 1 N–H and O–H groups in total. The number of alkyl halides is 10. The van der Waals surface area contributed by atoms with E-state index < -0.39 is 92.9 Å². The number of alkyl carbamates (subject to hydrolysis) is 1. The summed E-state index contributed by atoms with van der Waals surface area (Å²) in [5, 5.41) is 2.01. The lowest BCUT2D eigenvalue weighted by Crippen LogP contribution is -2.62. The largest absolute Gasteiger partial charge is 0.460 e. The normalized spacial score (nSPS) is 15.5. The van der Waals surface area contributed by atoms with Gasteiger partial charge < -0.3 is 24.3 Å². The summed E-state index contributed by atoms with van der Waals surface area (Å²) in [5.74, 6) is -11.7. The zero-order chi connectivity index (χ0) is 31.8. The van der Waals surface area contributed by atoms with Gasteiger partial charge in [0.1, 0.15) is 32.0 Å². The maximum absolute atomic E-state index is 14.2. The van der Waals surface area contributed by atoms with Crippen molar-refractivity contribution in [3.05, 3.63) is 25.3 Å². The number of carbonyl (C=O) groups is 4. The van der Waals surface area contributed by atoms with Gasteiger partial charge in [-0.05, 0) is 13.8 Å². The molecule has 0 spiro atoms. The van der Waals surface area contributed by atoms with Crippen molar-refractivity contribution in [3.8, 4) is 0 Å². The van der Waals surface area contributed by atoms with Gasteiger partial charge in [-0.3, -0.25) is 4.74 Å². The molecule has 0 heterocycles. The molecule has 0 aliphatic heterocycles. The molecule has 10 nitrogen and oxygen atoms in total. The lowest BCUT2D eigenvalue weighted by atomic mass is 10.1. The average molecular weight is 609 g/mol. The Morgan fingerprint density at radius 2 is 1.12 bits per heavy atom. The maximum atomic E-state index is 14.2. The van der Waals surface area contributed by atoms with Gasteiger partial charge in [-0.2, -0.15) is 39.5 Å². The highest BCUT2D eigenvalue weighted by atomic mass is 19.4. The zero-order valence-electron chi connectivity index (χ0n) is 20.4. The first-order chi connectivity index (χ1) is 17.9. The predicted octanol–water partition coefficient (Wildman–Crippen LogP) is 3.60. The summed E-state index contributed by atoms with van der Waals surface area (Å²) in [4.78, 5) is 46.0. The third-order valence-electron chi connectivity index (χ3n) is 4.33. The fraction of sp³-hybridized carbons (Fsp3) is 0.600. The van der Waals surface area contributed by atoms with Crippen molar-refractivity contribution in [2.24, 2.45) is 0 Å². The Morgan fingerprint density at radius 3 is 1.50 bits per heavy atom. The number of hydrogen-bond donors (Lipinski definition) is 1. The molecule has 0 aromatic rings. The van der Waals surface area contributed by atoms with Gasteiger partial charge in [0, 0.05) is 12.2 Å². The molecule has 0 rings (SSSR count). The van der Waals surface area contributed by atoms with E-state index in [0.29, 0.717) is 0 Å². The van der Waals surface area contributed by atoms with Crippen LogP contribution in [0.15, 0.2) is 25.3 Å². The van der Waals surface area contributed by atoms with Gasteiger partial charge in [-0.1, -0.05) is 13.2 Å². The molecule has 0 bridgehead atoms. The van der Waals surface area contributed by atoms with E-state index in [2.05, 4.69) is 27.4 Å². The Labute approximate surface area is 218 Å². The van der Waals surface area contributed by atoms with Crippen molar-refractivity contribution in [1.29, 1.82) is 0 Å². The smallest absolute Gasteiger partial charge is 0.460 e. The van der Waals surface area contributed by atoms with Crippen LogP contribution >= 0.6 is 0 Å². The van der Waals surface area contributed by atoms with Crippen molar-refractivity contribution in [2.75, 3.05) is 26.4 Å². The summed E-state index contributed by atoms with van der Waals surface area (Å²) in [7, 11) is 0. The Kier molecular flexibility index (Phi) is 12.0. The number of hydrogen-bond acceptors (Lipinski definition) is 9. The summed E-state index contributed by atoms with van der Waals surface area (Å²) in [5.41, 5.74) is -7.62. The van der Waals surface area contributed by atoms with Crippen LogP contribution in [0.2, 0.25) is 0 Å². The molecule has 2 unspecified atom stereocenters. The van der Waals surface area contributed by atoms with Gasteiger partial charge in [-0.15, -0.1) is 0 Å². The van der Waals surface area contributed by atoms with Crippen LogP contribution in [-0.2, 0) is 38.1 Å². The highest BCUT2D eigenvalue weighted by molar-refractivity contribution is 5.82. The van der Waals surface area contributed by atoms with Gasteiger partial charge in [0.05, 0.1) is 0 Å². The van der Waals surface area contributed by atoms with E-state index >= 15 is 0 Å². The number of amides is 1. The molecule has 0 aliphatic carbocycles. The van der Waals surface area contributed by atoms with E-state index in [0.717, 1.165) is 19.1 Å². The standard InChI is InChI=1S/C20H21F10NO9/c1-5-11(32)38-9-15(3,10-39-12(33)6-2)31-14(35)37-8-7-36-13(34)17(22,19(26,27)28)40-20(29,30)16(4,21)18(23,24)25/h5-6H,1-2,7-10H2,3-4H3,(H,31,35). The first-order valence-electron chi connectivity index (χ1n) is 10.2. The molecule has 40 heavy (non-hydrogen) atoms. The van der Waals surface area contributed by atoms with Crippen LogP contribution in [0.1, 0.15) is 13.8 Å². The number of nitrogens with one attached hydrogen (secondary N) is 1. The van der Waals surface area contributed by atoms with E-state index in [1.54, 1.807) is 0 Å². The van der Waals surface area contributed by atoms with Gasteiger partial charge in [-0.25, -0.2) is 23.6 Å². The zero-order valence-corrected chi connectivity index (χ0v) is 20.4. The summed E-state index contributed by atoms with van der Waals surface area (Å²) in [6, 6.07) is 0. The molecule has 0 saturated carbocycles. The highest BCUT2D eigenvalue weighted by Crippen LogP contribution is 2.50. The molecule has 20 heteroatoms. The van der Waals surface area contributed by atoms with Gasteiger partial charge in [0.15, 0.2) is 0 Å². The van der Waals surface area contributed by atoms with E-state index in [1.165, 1.54) is 0 Å². The number of halogens is 10. The lowest BCUT2D eigenvalue weighted by molar-refractivity contribution is -0.448. The van der Waals surface area contributed by atoms with Gasteiger partial charge >= 0.3 is 48.3 Å². The minimum absolute atomic E-state index is 0.681. The molecular formula is C20H21F10NO9. The first-order valence-corrected chi connectivity index (χ1v) is 10.2. The van der Waals surface area contributed by atoms with Crippen LogP contribution in [0.25, 0.3) is 0 Å². The van der Waals surface area contributed by atoms with E-state index in [4.69, 9.17) is 9.47 Å². The average Bonchev–Trinajstić information content (AvgIpc) is 2.81. The highest BCUT2D eigenvalue weighted by Gasteiger charge is 2.76. The monoisotopic (exact) mass is 609 g/mol. The molecule has 0 fully saturated rings. The summed E-state index contributed by atoms with van der Waals surface area (Å²) < 4.78 is 151. The van der Waals surface area contributed by atoms with E-state index in [1.807, 2.05) is 5.32 Å². The molecular weight excluding hydrogens is 588 g/mol. The molecule has 0 radical (unpaired) electrons. The summed E-state index contributed by atoms with van der Waals surface area (Å²) >= 11 is 0. The molecule has 2 atom stereocenters. The minimum atomic E-state index is -6.80. The van der Waals surface area contributed by atoms with Crippen LogP contribution in [0.3, 0.4) is 0 Å². The summed E-state index contributed by atoms with van der Waals surface area (Å²) in [6.07, 6.45) is -20.0. The van der Waals surface area contributed by atoms with Crippen LogP contribution in [0.5, 0.6) is 0 Å². The van der Waals surface area contributed by atoms with E-state index in [9.17, 15) is 63.1 Å². The fourth-order valence-electron chi connectivity index (χ4n) is 1.99. The quantitative estimate of drug-likeness (QED) is 0.103. The van der Waals surface area contributed by atoms with Crippen molar-refractivity contribution in [2.45, 2.75) is 49.4 Å². The van der Waals surface area contributed by atoms with Gasteiger partial charge in [0.2, 0.25) is 0 Å². The molecule has 0 aromatic heterocycles. The second-order valence-corrected chi connectivity index (χ2v) is 7.79. The predicted molar refractivity (Wildman–Crippen MR) is 108 cm³/mol. The molecule has 0 saturated heterocycles. The van der Waals surface area contributed by atoms with Gasteiger partial charge in [0.25, 0.3) is 5.67 Å². The van der Waals surface area contributed by atoms with Crippen molar-refractivity contribution < 1.29 is 86.8 Å². The molecule has 0 aromatic carbocycles. The van der Waals surface area contributed by atoms with Crippen molar-refractivity contribution >= 4 is 24.0 Å². The van der Waals surface area contributed by atoms with Crippen molar-refractivity contribution in [3.63, 3.8) is 0 Å². The molecule has 1 amide bonds. The Morgan fingerprint density at radius 1 is 0.700 bits per heavy atom. The Bertz CT molecular complexity index is 941. The number of rotatable bonds is 14. The third-order valence-corrected chi connectivity index (χ3v) is 4.33. The minimum Gasteiger partial charge on any atom is -0.460 e. The maximum Gasteiger partial charge on any atom is 0.460 e.